The predicted molar refractivity (Wildman–Crippen MR) is 104 cm³/mol. The monoisotopic (exact) mass is 365 g/mol. The first-order valence-electron chi connectivity index (χ1n) is 9.78. The molecule has 2 aromatic heterocycles. The Labute approximate surface area is 160 Å². The normalized spacial score (nSPS) is 19.6. The number of nitrogens with zero attached hydrogens (tertiary/aromatic N) is 5. The average Bonchev–Trinajstić information content (AvgIpc) is 2.66. The van der Waals surface area contributed by atoms with Crippen molar-refractivity contribution in [2.24, 2.45) is 5.41 Å². The van der Waals surface area contributed by atoms with Crippen LogP contribution in [0.1, 0.15) is 42.8 Å². The second-order valence-corrected chi connectivity index (χ2v) is 8.01. The molecule has 27 heavy (non-hydrogen) atoms. The molecule has 0 bridgehead atoms. The van der Waals surface area contributed by atoms with E-state index in [2.05, 4.69) is 19.9 Å². The van der Waals surface area contributed by atoms with Gasteiger partial charge in [-0.05, 0) is 56.7 Å². The van der Waals surface area contributed by atoms with Crippen LogP contribution in [0, 0.1) is 19.3 Å². The van der Waals surface area contributed by atoms with E-state index >= 15 is 0 Å². The topological polar surface area (TPSA) is 62.2 Å². The summed E-state index contributed by atoms with van der Waals surface area (Å²) >= 11 is 0. The number of piperidine rings is 2. The van der Waals surface area contributed by atoms with Crippen molar-refractivity contribution in [1.82, 2.24) is 19.9 Å². The molecule has 2 fully saturated rings. The Morgan fingerprint density at radius 3 is 2.48 bits per heavy atom. The lowest BCUT2D eigenvalue weighted by molar-refractivity contribution is -0.139. The number of hydrogen-bond donors (Lipinski definition) is 0. The third-order valence-electron chi connectivity index (χ3n) is 5.90. The van der Waals surface area contributed by atoms with Crippen LogP contribution in [0.5, 0.6) is 0 Å². The molecule has 2 saturated heterocycles. The zero-order chi connectivity index (χ0) is 18.9. The highest BCUT2D eigenvalue weighted by atomic mass is 16.2. The van der Waals surface area contributed by atoms with E-state index in [1.807, 2.05) is 43.0 Å². The van der Waals surface area contributed by atoms with Crippen LogP contribution in [0.3, 0.4) is 0 Å². The van der Waals surface area contributed by atoms with E-state index in [4.69, 9.17) is 0 Å². The number of carbonyl (C=O) groups is 1. The van der Waals surface area contributed by atoms with Gasteiger partial charge in [-0.2, -0.15) is 0 Å². The molecule has 0 saturated carbocycles. The second-order valence-electron chi connectivity index (χ2n) is 8.01. The molecule has 0 aromatic carbocycles. The Bertz CT molecular complexity index is 794. The highest BCUT2D eigenvalue weighted by Crippen LogP contribution is 2.41. The number of aryl methyl sites for hydroxylation is 2. The first-order chi connectivity index (χ1) is 13.0. The molecule has 0 N–H and O–H groups in total. The standard InChI is InChI=1S/C21H27N5O/c1-16-13-17(2)24-20(23-16)25-11-8-21(9-12-25)7-6-19(27)26(15-21)14-18-5-3-4-10-22-18/h3-5,10,13H,6-9,11-12,14-15H2,1-2H3. The number of likely N-dealkylation sites (tertiary alicyclic amines) is 1. The number of hydrogen-bond acceptors (Lipinski definition) is 5. The number of amides is 1. The van der Waals surface area contributed by atoms with Gasteiger partial charge in [-0.3, -0.25) is 9.78 Å². The lowest BCUT2D eigenvalue weighted by Gasteiger charge is -2.47. The first kappa shape index (κ1) is 17.9. The summed E-state index contributed by atoms with van der Waals surface area (Å²) in [7, 11) is 0. The van der Waals surface area contributed by atoms with Crippen molar-refractivity contribution in [2.45, 2.75) is 46.1 Å². The van der Waals surface area contributed by atoms with Gasteiger partial charge in [-0.15, -0.1) is 0 Å². The number of aromatic nitrogens is 3. The van der Waals surface area contributed by atoms with Crippen molar-refractivity contribution < 1.29 is 4.79 Å². The average molecular weight is 365 g/mol. The number of pyridine rings is 1. The van der Waals surface area contributed by atoms with E-state index in [9.17, 15) is 4.79 Å². The molecule has 2 aromatic rings. The van der Waals surface area contributed by atoms with Crippen LogP contribution in [-0.2, 0) is 11.3 Å². The first-order valence-corrected chi connectivity index (χ1v) is 9.78. The molecule has 2 aliphatic heterocycles. The minimum absolute atomic E-state index is 0.220. The van der Waals surface area contributed by atoms with E-state index in [0.717, 1.165) is 61.9 Å². The molecule has 4 rings (SSSR count). The highest BCUT2D eigenvalue weighted by Gasteiger charge is 2.41. The molecule has 1 spiro atoms. The largest absolute Gasteiger partial charge is 0.341 e. The summed E-state index contributed by atoms with van der Waals surface area (Å²) in [6.07, 6.45) is 5.59. The van der Waals surface area contributed by atoms with Gasteiger partial charge in [0.1, 0.15) is 0 Å². The third-order valence-corrected chi connectivity index (χ3v) is 5.90. The molecule has 6 nitrogen and oxygen atoms in total. The van der Waals surface area contributed by atoms with E-state index in [0.29, 0.717) is 13.0 Å². The van der Waals surface area contributed by atoms with Crippen molar-refractivity contribution in [3.63, 3.8) is 0 Å². The fourth-order valence-electron chi connectivity index (χ4n) is 4.37. The summed E-state index contributed by atoms with van der Waals surface area (Å²) in [5.41, 5.74) is 3.21. The van der Waals surface area contributed by atoms with Gasteiger partial charge in [-0.25, -0.2) is 9.97 Å². The summed E-state index contributed by atoms with van der Waals surface area (Å²) in [5.74, 6) is 1.10. The second kappa shape index (κ2) is 7.25. The maximum atomic E-state index is 12.5. The molecule has 0 atom stereocenters. The van der Waals surface area contributed by atoms with E-state index in [-0.39, 0.29) is 11.3 Å². The summed E-state index contributed by atoms with van der Waals surface area (Å²) in [6.45, 7) is 7.40. The third kappa shape index (κ3) is 3.94. The van der Waals surface area contributed by atoms with Crippen molar-refractivity contribution in [1.29, 1.82) is 0 Å². The number of anilines is 1. The molecular weight excluding hydrogens is 338 g/mol. The van der Waals surface area contributed by atoms with Crippen LogP contribution >= 0.6 is 0 Å². The minimum Gasteiger partial charge on any atom is -0.341 e. The molecule has 0 unspecified atom stereocenters. The molecule has 142 valence electrons. The number of carbonyl (C=O) groups excluding carboxylic acids is 1. The van der Waals surface area contributed by atoms with Crippen LogP contribution < -0.4 is 4.90 Å². The van der Waals surface area contributed by atoms with E-state index in [1.165, 1.54) is 0 Å². The molecular formula is C21H27N5O. The lowest BCUT2D eigenvalue weighted by Crippen LogP contribution is -2.51. The number of rotatable bonds is 3. The highest BCUT2D eigenvalue weighted by molar-refractivity contribution is 5.77. The van der Waals surface area contributed by atoms with Crippen molar-refractivity contribution in [2.75, 3.05) is 24.5 Å². The smallest absolute Gasteiger partial charge is 0.225 e. The van der Waals surface area contributed by atoms with Crippen LogP contribution in [0.2, 0.25) is 0 Å². The Morgan fingerprint density at radius 2 is 1.81 bits per heavy atom. The van der Waals surface area contributed by atoms with Crippen LogP contribution in [-0.4, -0.2) is 45.4 Å². The van der Waals surface area contributed by atoms with Crippen LogP contribution in [0.4, 0.5) is 5.95 Å². The molecule has 6 heteroatoms. The maximum Gasteiger partial charge on any atom is 0.225 e. The summed E-state index contributed by atoms with van der Waals surface area (Å²) in [6, 6.07) is 7.90. The zero-order valence-electron chi connectivity index (χ0n) is 16.2. The Morgan fingerprint density at radius 1 is 1.07 bits per heavy atom. The van der Waals surface area contributed by atoms with E-state index in [1.54, 1.807) is 6.20 Å². The van der Waals surface area contributed by atoms with Gasteiger partial charge in [-0.1, -0.05) is 6.07 Å². The summed E-state index contributed by atoms with van der Waals surface area (Å²) in [5, 5.41) is 0. The minimum atomic E-state index is 0.220. The van der Waals surface area contributed by atoms with Gasteiger partial charge in [0.05, 0.1) is 12.2 Å². The summed E-state index contributed by atoms with van der Waals surface area (Å²) < 4.78 is 0. The van der Waals surface area contributed by atoms with Gasteiger partial charge in [0, 0.05) is 43.6 Å². The van der Waals surface area contributed by atoms with Gasteiger partial charge < -0.3 is 9.80 Å². The lowest BCUT2D eigenvalue weighted by atomic mass is 9.72. The fraction of sp³-hybridized carbons (Fsp3) is 0.524. The molecule has 4 heterocycles. The van der Waals surface area contributed by atoms with E-state index < -0.39 is 0 Å². The van der Waals surface area contributed by atoms with Gasteiger partial charge in [0.15, 0.2) is 0 Å². The van der Waals surface area contributed by atoms with Crippen molar-refractivity contribution in [3.8, 4) is 0 Å². The van der Waals surface area contributed by atoms with Crippen LogP contribution in [0.25, 0.3) is 0 Å². The Kier molecular flexibility index (Phi) is 4.81. The Balaban J connectivity index is 1.43. The molecule has 0 radical (unpaired) electrons. The fourth-order valence-corrected chi connectivity index (χ4v) is 4.37. The predicted octanol–water partition coefficient (Wildman–Crippen LogP) is 2.90. The van der Waals surface area contributed by atoms with Crippen molar-refractivity contribution in [3.05, 3.63) is 47.5 Å². The molecule has 1 amide bonds. The Hall–Kier alpha value is -2.50. The van der Waals surface area contributed by atoms with Gasteiger partial charge in [0.25, 0.3) is 0 Å². The zero-order valence-corrected chi connectivity index (χ0v) is 16.2. The van der Waals surface area contributed by atoms with Gasteiger partial charge in [0.2, 0.25) is 11.9 Å². The maximum absolute atomic E-state index is 12.5. The van der Waals surface area contributed by atoms with Gasteiger partial charge >= 0.3 is 0 Å². The van der Waals surface area contributed by atoms with Crippen LogP contribution in [0.15, 0.2) is 30.5 Å². The quantitative estimate of drug-likeness (QED) is 0.837. The molecule has 2 aliphatic rings. The summed E-state index contributed by atoms with van der Waals surface area (Å²) in [4.78, 5) is 30.4. The molecule has 0 aliphatic carbocycles. The SMILES string of the molecule is Cc1cc(C)nc(N2CCC3(CCC(=O)N(Cc4ccccn4)C3)CC2)n1. The van der Waals surface area contributed by atoms with Crippen molar-refractivity contribution >= 4 is 11.9 Å².